The summed E-state index contributed by atoms with van der Waals surface area (Å²) in [6.45, 7) is 9.17. The maximum Gasteiger partial charge on any atom is 0.335 e. The monoisotopic (exact) mass is 587 g/mol. The van der Waals surface area contributed by atoms with Gasteiger partial charge >= 0.3 is 5.97 Å². The average molecular weight is 588 g/mol. The summed E-state index contributed by atoms with van der Waals surface area (Å²) in [6, 6.07) is 13.5. The number of phenolic OH excluding ortho intramolecular Hbond substituents is 1. The molecule has 0 saturated heterocycles. The van der Waals surface area contributed by atoms with Gasteiger partial charge in [0.15, 0.2) is 11.5 Å². The van der Waals surface area contributed by atoms with Gasteiger partial charge in [0.05, 0.1) is 30.6 Å². The second kappa shape index (κ2) is 14.1. The highest BCUT2D eigenvalue weighted by molar-refractivity contribution is 5.93. The van der Waals surface area contributed by atoms with Gasteiger partial charge in [-0.25, -0.2) is 4.79 Å². The largest absolute Gasteiger partial charge is 0.504 e. The highest BCUT2D eigenvalue weighted by Gasteiger charge is 2.27. The van der Waals surface area contributed by atoms with E-state index in [2.05, 4.69) is 17.0 Å². The summed E-state index contributed by atoms with van der Waals surface area (Å²) < 4.78 is 5.24. The highest BCUT2D eigenvalue weighted by Crippen LogP contribution is 2.27. The third kappa shape index (κ3) is 7.98. The van der Waals surface area contributed by atoms with Crippen molar-refractivity contribution in [1.82, 2.24) is 10.2 Å². The lowest BCUT2D eigenvalue weighted by atomic mass is 9.93. The van der Waals surface area contributed by atoms with Crippen LogP contribution < -0.4 is 21.5 Å². The molecule has 43 heavy (non-hydrogen) atoms. The third-order valence-electron chi connectivity index (χ3n) is 7.11. The molecule has 3 rings (SSSR count). The Balaban J connectivity index is 1.93. The molecular formula is C32H37N5O6. The first-order valence-corrected chi connectivity index (χ1v) is 13.4. The molecule has 1 unspecified atom stereocenters. The predicted molar refractivity (Wildman–Crippen MR) is 165 cm³/mol. The van der Waals surface area contributed by atoms with Crippen molar-refractivity contribution in [2.75, 3.05) is 7.11 Å². The number of amides is 2. The summed E-state index contributed by atoms with van der Waals surface area (Å²) in [5.74, 6) is -1.75. The summed E-state index contributed by atoms with van der Waals surface area (Å²) in [4.78, 5) is 42.6. The number of hydrogen-bond donors (Lipinski definition) is 5. The Morgan fingerprint density at radius 1 is 1.07 bits per heavy atom. The van der Waals surface area contributed by atoms with Gasteiger partial charge < -0.3 is 36.6 Å². The van der Waals surface area contributed by atoms with Crippen molar-refractivity contribution in [2.24, 2.45) is 16.5 Å². The molecule has 2 amide bonds. The topological polar surface area (TPSA) is 181 Å². The fourth-order valence-electron chi connectivity index (χ4n) is 4.72. The molecule has 2 atom stereocenters. The lowest BCUT2D eigenvalue weighted by Crippen LogP contribution is -2.52. The normalized spacial score (nSPS) is 12.6. The number of aromatic carboxylic acids is 1. The molecule has 11 heteroatoms. The van der Waals surface area contributed by atoms with Gasteiger partial charge in [-0.3, -0.25) is 14.6 Å². The molecule has 0 bridgehead atoms. The number of primary amides is 1. The maximum atomic E-state index is 13.9. The van der Waals surface area contributed by atoms with Crippen LogP contribution in [0, 0.1) is 13.8 Å². The van der Waals surface area contributed by atoms with Crippen molar-refractivity contribution >= 4 is 30.2 Å². The highest BCUT2D eigenvalue weighted by atomic mass is 16.5. The van der Waals surface area contributed by atoms with E-state index in [-0.39, 0.29) is 35.9 Å². The number of aliphatic imine (C=N–C) groups is 1. The predicted octanol–water partition coefficient (Wildman–Crippen LogP) is 3.35. The number of nitrogens with zero attached hydrogens (tertiary/aromatic N) is 2. The van der Waals surface area contributed by atoms with Gasteiger partial charge in [0, 0.05) is 23.9 Å². The fraction of sp³-hybridized carbons (Fsp3) is 0.250. The average Bonchev–Trinajstić information content (AvgIpc) is 2.98. The van der Waals surface area contributed by atoms with E-state index in [0.717, 1.165) is 16.7 Å². The van der Waals surface area contributed by atoms with Crippen molar-refractivity contribution in [3.63, 3.8) is 0 Å². The summed E-state index contributed by atoms with van der Waals surface area (Å²) in [5, 5.41) is 22.6. The molecule has 0 aromatic heterocycles. The van der Waals surface area contributed by atoms with Crippen LogP contribution in [0.1, 0.15) is 55.5 Å². The second-order valence-electron chi connectivity index (χ2n) is 10.2. The van der Waals surface area contributed by atoms with Crippen LogP contribution in [0.25, 0.3) is 5.70 Å². The molecule has 3 aromatic carbocycles. The number of carbonyl (C=O) groups excluding carboxylic acids is 2. The summed E-state index contributed by atoms with van der Waals surface area (Å²) in [5.41, 5.74) is 16.4. The smallest absolute Gasteiger partial charge is 0.335 e. The Morgan fingerprint density at radius 2 is 1.72 bits per heavy atom. The van der Waals surface area contributed by atoms with Crippen LogP contribution in [0.5, 0.6) is 11.5 Å². The molecule has 0 fully saturated rings. The summed E-state index contributed by atoms with van der Waals surface area (Å²) in [7, 11) is 1.43. The number of carboxylic acid groups (broad SMARTS) is 1. The van der Waals surface area contributed by atoms with Crippen molar-refractivity contribution in [3.05, 3.63) is 99.7 Å². The Morgan fingerprint density at radius 3 is 2.30 bits per heavy atom. The number of nitrogens with two attached hydrogens (primary N) is 2. The first kappa shape index (κ1) is 32.4. The molecule has 0 aliphatic carbocycles. The van der Waals surface area contributed by atoms with E-state index in [1.54, 1.807) is 54.4 Å². The molecule has 11 nitrogen and oxygen atoms in total. The molecule has 226 valence electrons. The fourth-order valence-corrected chi connectivity index (χ4v) is 4.72. The number of aryl methyl sites for hydroxylation is 2. The minimum atomic E-state index is -1.07. The molecule has 0 aliphatic rings. The Bertz CT molecular complexity index is 1540. The lowest BCUT2D eigenvalue weighted by molar-refractivity contribution is -0.135. The molecule has 0 aliphatic heterocycles. The van der Waals surface area contributed by atoms with Crippen molar-refractivity contribution < 1.29 is 29.3 Å². The molecule has 3 aromatic rings. The zero-order valence-electron chi connectivity index (χ0n) is 24.6. The van der Waals surface area contributed by atoms with Gasteiger partial charge in [0.1, 0.15) is 0 Å². The Labute approximate surface area is 250 Å². The molecule has 0 heterocycles. The van der Waals surface area contributed by atoms with Crippen LogP contribution in [-0.2, 0) is 17.8 Å². The first-order valence-electron chi connectivity index (χ1n) is 13.4. The van der Waals surface area contributed by atoms with E-state index in [4.69, 9.17) is 16.2 Å². The number of carboxylic acids is 1. The Hall–Kier alpha value is -5.16. The number of nitrogens with one attached hydrogen (secondary N) is 1. The van der Waals surface area contributed by atoms with Gasteiger partial charge in [-0.15, -0.1) is 0 Å². The maximum absolute atomic E-state index is 13.9. The van der Waals surface area contributed by atoms with Gasteiger partial charge in [0.25, 0.3) is 0 Å². The molecule has 0 spiro atoms. The number of methoxy groups -OCH3 is 1. The molecular weight excluding hydrogens is 550 g/mol. The zero-order valence-corrected chi connectivity index (χ0v) is 24.6. The van der Waals surface area contributed by atoms with E-state index in [0.29, 0.717) is 22.4 Å². The first-order chi connectivity index (χ1) is 20.4. The van der Waals surface area contributed by atoms with Crippen molar-refractivity contribution in [2.45, 2.75) is 45.9 Å². The van der Waals surface area contributed by atoms with E-state index in [1.165, 1.54) is 25.3 Å². The standard InChI is InChI=1S/C32H37N5O6/c1-18-11-24(30(34)39)12-19(2)25(18)15-26(33)31(40)37(17-21-9-10-28(38)29(13-21)43-5)20(3)36-16-27(35-4)22-7-6-8-23(14-22)32(41)42/h6-14,16,20,26,36,38H,4,15,17,33H2,1-3,5H3,(H2,34,39)(H,41,42)/b27-16-/t20?,26-/m0/s1. The van der Waals surface area contributed by atoms with Crippen molar-refractivity contribution in [1.29, 1.82) is 0 Å². The van der Waals surface area contributed by atoms with Crippen LogP contribution in [0.4, 0.5) is 0 Å². The van der Waals surface area contributed by atoms with Gasteiger partial charge in [-0.05, 0) is 92.6 Å². The number of hydrogen-bond acceptors (Lipinski definition) is 8. The molecule has 0 radical (unpaired) electrons. The van der Waals surface area contributed by atoms with Crippen LogP contribution in [0.2, 0.25) is 0 Å². The quantitative estimate of drug-likeness (QED) is 0.149. The van der Waals surface area contributed by atoms with Crippen molar-refractivity contribution in [3.8, 4) is 11.5 Å². The van der Waals surface area contributed by atoms with Crippen LogP contribution in [0.15, 0.2) is 65.8 Å². The number of phenols is 1. The second-order valence-corrected chi connectivity index (χ2v) is 10.2. The van der Waals surface area contributed by atoms with Crippen LogP contribution in [0.3, 0.4) is 0 Å². The summed E-state index contributed by atoms with van der Waals surface area (Å²) >= 11 is 0. The van der Waals surface area contributed by atoms with Gasteiger partial charge in [-0.2, -0.15) is 0 Å². The number of carbonyl (C=O) groups is 3. The molecule has 0 saturated carbocycles. The van der Waals surface area contributed by atoms with E-state index < -0.39 is 24.1 Å². The summed E-state index contributed by atoms with van der Waals surface area (Å²) in [6.07, 6.45) is 1.16. The van der Waals surface area contributed by atoms with E-state index in [9.17, 15) is 24.6 Å². The number of ether oxygens (including phenoxy) is 1. The Kier molecular flexibility index (Phi) is 10.6. The minimum Gasteiger partial charge on any atom is -0.504 e. The SMILES string of the molecule is C=N/C(=C\NC(C)N(Cc1ccc(O)c(OC)c1)C(=O)[C@@H](N)Cc1c(C)cc(C(N)=O)cc1C)c1cccc(C(=O)O)c1. The molecule has 7 N–H and O–H groups in total. The third-order valence-corrected chi connectivity index (χ3v) is 7.11. The number of aromatic hydroxyl groups is 1. The van der Waals surface area contributed by atoms with E-state index >= 15 is 0 Å². The zero-order chi connectivity index (χ0) is 31.8. The minimum absolute atomic E-state index is 0.0365. The van der Waals surface area contributed by atoms with Gasteiger partial charge in [-0.1, -0.05) is 18.2 Å². The van der Waals surface area contributed by atoms with Crippen LogP contribution in [-0.4, -0.2) is 58.9 Å². The number of rotatable bonds is 13. The van der Waals surface area contributed by atoms with Crippen LogP contribution >= 0.6 is 0 Å². The lowest BCUT2D eigenvalue weighted by Gasteiger charge is -2.32. The van der Waals surface area contributed by atoms with Gasteiger partial charge in [0.2, 0.25) is 11.8 Å². The van der Waals surface area contributed by atoms with E-state index in [1.807, 2.05) is 13.8 Å². The number of benzene rings is 3.